The molecular formula is C15H13FO3. The first-order valence-electron chi connectivity index (χ1n) is 5.81. The zero-order chi connectivity index (χ0) is 13.7. The molecule has 0 radical (unpaired) electrons. The Hall–Kier alpha value is -2.20. The molecule has 0 atom stereocenters. The highest BCUT2D eigenvalue weighted by molar-refractivity contribution is 5.97. The zero-order valence-electron chi connectivity index (χ0n) is 10.2. The average Bonchev–Trinajstić information content (AvgIpc) is 2.45. The molecule has 0 aliphatic carbocycles. The Kier molecular flexibility index (Phi) is 4.26. The fraction of sp³-hybridized carbons (Fsp3) is 0.133. The quantitative estimate of drug-likeness (QED) is 0.840. The standard InChI is InChI=1S/C15H13FO3/c16-14-7-2-1-6-13(14)15(18)10-19-12-5-3-4-11(8-12)9-17/h1-8,17H,9-10H2. The topological polar surface area (TPSA) is 46.5 Å². The van der Waals surface area contributed by atoms with E-state index in [0.717, 1.165) is 0 Å². The number of carbonyl (C=O) groups excluding carboxylic acids is 1. The van der Waals surface area contributed by atoms with Crippen molar-refractivity contribution in [2.75, 3.05) is 6.61 Å². The molecule has 0 heterocycles. The van der Waals surface area contributed by atoms with Gasteiger partial charge >= 0.3 is 0 Å². The van der Waals surface area contributed by atoms with Crippen LogP contribution in [0.4, 0.5) is 4.39 Å². The summed E-state index contributed by atoms with van der Waals surface area (Å²) < 4.78 is 18.7. The monoisotopic (exact) mass is 260 g/mol. The van der Waals surface area contributed by atoms with Crippen molar-refractivity contribution in [1.82, 2.24) is 0 Å². The first kappa shape index (κ1) is 13.2. The highest BCUT2D eigenvalue weighted by Crippen LogP contribution is 2.14. The van der Waals surface area contributed by atoms with E-state index in [1.807, 2.05) is 0 Å². The van der Waals surface area contributed by atoms with Crippen LogP contribution in [-0.2, 0) is 6.61 Å². The summed E-state index contributed by atoms with van der Waals surface area (Å²) in [5, 5.41) is 8.98. The molecular weight excluding hydrogens is 247 g/mol. The maximum Gasteiger partial charge on any atom is 0.203 e. The lowest BCUT2D eigenvalue weighted by molar-refractivity contribution is 0.0917. The second kappa shape index (κ2) is 6.11. The third-order valence-electron chi connectivity index (χ3n) is 2.63. The summed E-state index contributed by atoms with van der Waals surface area (Å²) in [7, 11) is 0. The van der Waals surface area contributed by atoms with Crippen LogP contribution >= 0.6 is 0 Å². The number of ether oxygens (including phenoxy) is 1. The van der Waals surface area contributed by atoms with E-state index in [2.05, 4.69) is 0 Å². The third-order valence-corrected chi connectivity index (χ3v) is 2.63. The fourth-order valence-electron chi connectivity index (χ4n) is 1.65. The van der Waals surface area contributed by atoms with Crippen LogP contribution in [0.3, 0.4) is 0 Å². The van der Waals surface area contributed by atoms with E-state index in [1.165, 1.54) is 18.2 Å². The maximum absolute atomic E-state index is 13.4. The van der Waals surface area contributed by atoms with E-state index in [1.54, 1.807) is 30.3 Å². The van der Waals surface area contributed by atoms with Gasteiger partial charge < -0.3 is 9.84 Å². The summed E-state index contributed by atoms with van der Waals surface area (Å²) in [6, 6.07) is 12.5. The predicted octanol–water partition coefficient (Wildman–Crippen LogP) is 2.58. The van der Waals surface area contributed by atoms with Gasteiger partial charge in [-0.05, 0) is 29.8 Å². The van der Waals surface area contributed by atoms with E-state index >= 15 is 0 Å². The lowest BCUT2D eigenvalue weighted by Crippen LogP contribution is -2.13. The number of halogens is 1. The van der Waals surface area contributed by atoms with E-state index in [9.17, 15) is 9.18 Å². The van der Waals surface area contributed by atoms with Gasteiger partial charge in [-0.2, -0.15) is 0 Å². The van der Waals surface area contributed by atoms with Crippen molar-refractivity contribution < 1.29 is 19.0 Å². The van der Waals surface area contributed by atoms with Crippen LogP contribution in [0.1, 0.15) is 15.9 Å². The molecule has 0 bridgehead atoms. The molecule has 19 heavy (non-hydrogen) atoms. The van der Waals surface area contributed by atoms with Crippen molar-refractivity contribution in [2.45, 2.75) is 6.61 Å². The van der Waals surface area contributed by atoms with Crippen LogP contribution in [0.5, 0.6) is 5.75 Å². The van der Waals surface area contributed by atoms with Crippen molar-refractivity contribution in [3.63, 3.8) is 0 Å². The van der Waals surface area contributed by atoms with Crippen molar-refractivity contribution >= 4 is 5.78 Å². The summed E-state index contributed by atoms with van der Waals surface area (Å²) >= 11 is 0. The first-order chi connectivity index (χ1) is 9.20. The zero-order valence-corrected chi connectivity index (χ0v) is 10.2. The number of hydrogen-bond donors (Lipinski definition) is 1. The smallest absolute Gasteiger partial charge is 0.203 e. The fourth-order valence-corrected chi connectivity index (χ4v) is 1.65. The molecule has 98 valence electrons. The second-order valence-electron chi connectivity index (χ2n) is 4.00. The Morgan fingerprint density at radius 3 is 2.68 bits per heavy atom. The summed E-state index contributed by atoms with van der Waals surface area (Å²) in [6.45, 7) is -0.339. The Labute approximate surface area is 110 Å². The minimum Gasteiger partial charge on any atom is -0.485 e. The van der Waals surface area contributed by atoms with Gasteiger partial charge in [0.25, 0.3) is 0 Å². The van der Waals surface area contributed by atoms with Crippen molar-refractivity contribution in [2.24, 2.45) is 0 Å². The van der Waals surface area contributed by atoms with Crippen LogP contribution in [0, 0.1) is 5.82 Å². The second-order valence-corrected chi connectivity index (χ2v) is 4.00. The molecule has 2 rings (SSSR count). The van der Waals surface area contributed by atoms with Crippen molar-refractivity contribution in [1.29, 1.82) is 0 Å². The Bertz CT molecular complexity index is 581. The number of Topliss-reactive ketones (excluding diaryl/α,β-unsaturated/α-hetero) is 1. The Balaban J connectivity index is 2.02. The van der Waals surface area contributed by atoms with E-state index in [0.29, 0.717) is 11.3 Å². The van der Waals surface area contributed by atoms with Gasteiger partial charge in [0, 0.05) is 0 Å². The predicted molar refractivity (Wildman–Crippen MR) is 68.6 cm³/mol. The molecule has 0 spiro atoms. The molecule has 0 aromatic heterocycles. The van der Waals surface area contributed by atoms with Gasteiger partial charge in [0.2, 0.25) is 5.78 Å². The van der Waals surface area contributed by atoms with Crippen LogP contribution in [0.2, 0.25) is 0 Å². The number of carbonyl (C=O) groups is 1. The highest BCUT2D eigenvalue weighted by Gasteiger charge is 2.11. The molecule has 0 aliphatic rings. The van der Waals surface area contributed by atoms with E-state index < -0.39 is 11.6 Å². The lowest BCUT2D eigenvalue weighted by atomic mass is 10.1. The molecule has 0 fully saturated rings. The van der Waals surface area contributed by atoms with Crippen LogP contribution in [0.25, 0.3) is 0 Å². The molecule has 0 aliphatic heterocycles. The summed E-state index contributed by atoms with van der Waals surface area (Å²) in [6.07, 6.45) is 0. The summed E-state index contributed by atoms with van der Waals surface area (Å²) in [5.41, 5.74) is 0.705. The summed E-state index contributed by atoms with van der Waals surface area (Å²) in [5.74, 6) is -0.510. The molecule has 0 amide bonds. The molecule has 0 saturated carbocycles. The molecule has 2 aromatic carbocycles. The van der Waals surface area contributed by atoms with Gasteiger partial charge in [0.15, 0.2) is 6.61 Å². The van der Waals surface area contributed by atoms with E-state index in [-0.39, 0.29) is 18.8 Å². The van der Waals surface area contributed by atoms with Gasteiger partial charge in [-0.3, -0.25) is 4.79 Å². The van der Waals surface area contributed by atoms with Gasteiger partial charge in [0.05, 0.1) is 12.2 Å². The van der Waals surface area contributed by atoms with Crippen LogP contribution in [0.15, 0.2) is 48.5 Å². The molecule has 2 aromatic rings. The van der Waals surface area contributed by atoms with Crippen LogP contribution < -0.4 is 4.74 Å². The maximum atomic E-state index is 13.4. The van der Waals surface area contributed by atoms with Crippen LogP contribution in [-0.4, -0.2) is 17.5 Å². The van der Waals surface area contributed by atoms with Gasteiger partial charge in [-0.15, -0.1) is 0 Å². The first-order valence-corrected chi connectivity index (χ1v) is 5.81. The van der Waals surface area contributed by atoms with E-state index in [4.69, 9.17) is 9.84 Å². The third kappa shape index (κ3) is 3.39. The number of aliphatic hydroxyl groups excluding tert-OH is 1. The number of aliphatic hydroxyl groups is 1. The lowest BCUT2D eigenvalue weighted by Gasteiger charge is -2.07. The minimum atomic E-state index is -0.555. The Morgan fingerprint density at radius 1 is 1.16 bits per heavy atom. The van der Waals surface area contributed by atoms with Crippen molar-refractivity contribution in [3.8, 4) is 5.75 Å². The number of ketones is 1. The number of hydrogen-bond acceptors (Lipinski definition) is 3. The largest absolute Gasteiger partial charge is 0.485 e. The normalized spacial score (nSPS) is 10.2. The van der Waals surface area contributed by atoms with Gasteiger partial charge in [-0.25, -0.2) is 4.39 Å². The summed E-state index contributed by atoms with van der Waals surface area (Å²) in [4.78, 5) is 11.8. The van der Waals surface area contributed by atoms with Gasteiger partial charge in [0.1, 0.15) is 11.6 Å². The molecule has 0 saturated heterocycles. The SMILES string of the molecule is O=C(COc1cccc(CO)c1)c1ccccc1F. The molecule has 3 nitrogen and oxygen atoms in total. The number of rotatable bonds is 5. The minimum absolute atomic E-state index is 0.0146. The molecule has 1 N–H and O–H groups in total. The number of benzene rings is 2. The average molecular weight is 260 g/mol. The Morgan fingerprint density at radius 2 is 1.95 bits per heavy atom. The highest BCUT2D eigenvalue weighted by atomic mass is 19.1. The van der Waals surface area contributed by atoms with Crippen molar-refractivity contribution in [3.05, 3.63) is 65.5 Å². The molecule has 0 unspecified atom stereocenters. The molecule has 4 heteroatoms. The van der Waals surface area contributed by atoms with Gasteiger partial charge in [-0.1, -0.05) is 24.3 Å².